The molecule has 16 heavy (non-hydrogen) atoms. The summed E-state index contributed by atoms with van der Waals surface area (Å²) < 4.78 is 6.86. The highest BCUT2D eigenvalue weighted by atomic mass is 79.9. The average molecular weight is 317 g/mol. The molecule has 2 aromatic rings. The van der Waals surface area contributed by atoms with Crippen LogP contribution in [0.1, 0.15) is 19.8 Å². The molecule has 2 heterocycles. The SMILES string of the molecule is CCCCOc1ccc(-c2ccsc2Br)s1. The molecule has 86 valence electrons. The van der Waals surface area contributed by atoms with Gasteiger partial charge in [-0.1, -0.05) is 24.7 Å². The maximum absolute atomic E-state index is 5.67. The maximum atomic E-state index is 5.67. The van der Waals surface area contributed by atoms with Crippen LogP contribution in [-0.2, 0) is 0 Å². The van der Waals surface area contributed by atoms with Crippen LogP contribution in [0.5, 0.6) is 5.06 Å². The van der Waals surface area contributed by atoms with Crippen LogP contribution in [0.25, 0.3) is 10.4 Å². The Balaban J connectivity index is 2.05. The van der Waals surface area contributed by atoms with Crippen molar-refractivity contribution >= 4 is 38.6 Å². The van der Waals surface area contributed by atoms with E-state index in [1.807, 2.05) is 0 Å². The fourth-order valence-corrected chi connectivity index (χ4v) is 3.73. The second kappa shape index (κ2) is 5.84. The second-order valence-corrected chi connectivity index (χ2v) is 6.71. The Kier molecular flexibility index (Phi) is 4.44. The molecule has 0 atom stereocenters. The topological polar surface area (TPSA) is 9.23 Å². The molecule has 1 nitrogen and oxygen atoms in total. The van der Waals surface area contributed by atoms with Gasteiger partial charge in [0.25, 0.3) is 0 Å². The van der Waals surface area contributed by atoms with Gasteiger partial charge in [-0.2, -0.15) is 0 Å². The molecule has 2 rings (SSSR count). The standard InChI is InChI=1S/C12H13BrOS2/c1-2-3-7-14-11-5-4-10(16-11)9-6-8-15-12(9)13/h4-6,8H,2-3,7H2,1H3. The summed E-state index contributed by atoms with van der Waals surface area (Å²) in [5.41, 5.74) is 1.26. The van der Waals surface area contributed by atoms with Crippen LogP contribution in [0.15, 0.2) is 27.4 Å². The van der Waals surface area contributed by atoms with E-state index in [4.69, 9.17) is 4.74 Å². The summed E-state index contributed by atoms with van der Waals surface area (Å²) >= 11 is 6.98. The molecule has 0 aliphatic carbocycles. The second-order valence-electron chi connectivity index (χ2n) is 3.43. The molecule has 0 spiro atoms. The zero-order valence-corrected chi connectivity index (χ0v) is 12.3. The van der Waals surface area contributed by atoms with Crippen LogP contribution in [0.4, 0.5) is 0 Å². The fraction of sp³-hybridized carbons (Fsp3) is 0.333. The highest BCUT2D eigenvalue weighted by Crippen LogP contribution is 2.39. The molecule has 0 N–H and O–H groups in total. The first kappa shape index (κ1) is 12.1. The van der Waals surface area contributed by atoms with E-state index in [-0.39, 0.29) is 0 Å². The summed E-state index contributed by atoms with van der Waals surface area (Å²) in [6, 6.07) is 6.31. The quantitative estimate of drug-likeness (QED) is 0.669. The molecule has 2 aromatic heterocycles. The lowest BCUT2D eigenvalue weighted by Crippen LogP contribution is -1.93. The molecule has 4 heteroatoms. The van der Waals surface area contributed by atoms with Crippen molar-refractivity contribution in [3.63, 3.8) is 0 Å². The zero-order chi connectivity index (χ0) is 11.4. The third kappa shape index (κ3) is 2.87. The van der Waals surface area contributed by atoms with Crippen molar-refractivity contribution in [1.29, 1.82) is 0 Å². The number of unbranched alkanes of at least 4 members (excludes halogenated alkanes) is 1. The van der Waals surface area contributed by atoms with E-state index in [1.54, 1.807) is 22.7 Å². The van der Waals surface area contributed by atoms with Crippen LogP contribution >= 0.6 is 38.6 Å². The van der Waals surface area contributed by atoms with E-state index in [0.717, 1.165) is 18.1 Å². The average Bonchev–Trinajstić information content (AvgIpc) is 2.87. The van der Waals surface area contributed by atoms with Crippen LogP contribution in [0.3, 0.4) is 0 Å². The van der Waals surface area contributed by atoms with Gasteiger partial charge in [0.05, 0.1) is 10.4 Å². The third-order valence-corrected chi connectivity index (χ3v) is 4.92. The van der Waals surface area contributed by atoms with E-state index >= 15 is 0 Å². The van der Waals surface area contributed by atoms with Crippen molar-refractivity contribution < 1.29 is 4.74 Å². The lowest BCUT2D eigenvalue weighted by molar-refractivity contribution is 0.318. The number of hydrogen-bond donors (Lipinski definition) is 0. The van der Waals surface area contributed by atoms with E-state index in [1.165, 1.54) is 20.6 Å². The number of hydrogen-bond acceptors (Lipinski definition) is 3. The van der Waals surface area contributed by atoms with Crippen molar-refractivity contribution in [1.82, 2.24) is 0 Å². The van der Waals surface area contributed by atoms with E-state index < -0.39 is 0 Å². The Bertz CT molecular complexity index is 447. The summed E-state index contributed by atoms with van der Waals surface area (Å²) in [5, 5.41) is 3.11. The number of thiophene rings is 2. The first-order valence-electron chi connectivity index (χ1n) is 5.27. The van der Waals surface area contributed by atoms with Crippen LogP contribution in [-0.4, -0.2) is 6.61 Å². The molecule has 0 aliphatic rings. The molecule has 0 saturated heterocycles. The van der Waals surface area contributed by atoms with Gasteiger partial charge < -0.3 is 4.74 Å². The summed E-state index contributed by atoms with van der Waals surface area (Å²) in [5.74, 6) is 0. The highest BCUT2D eigenvalue weighted by Gasteiger charge is 2.07. The van der Waals surface area contributed by atoms with Crippen LogP contribution < -0.4 is 4.74 Å². The number of rotatable bonds is 5. The summed E-state index contributed by atoms with van der Waals surface area (Å²) in [6.07, 6.45) is 2.30. The predicted octanol–water partition coefficient (Wildman–Crippen LogP) is 5.42. The predicted molar refractivity (Wildman–Crippen MR) is 75.7 cm³/mol. The first-order valence-corrected chi connectivity index (χ1v) is 7.76. The minimum atomic E-state index is 0.821. The van der Waals surface area contributed by atoms with E-state index in [2.05, 4.69) is 46.4 Å². The third-order valence-electron chi connectivity index (χ3n) is 2.21. The first-order chi connectivity index (χ1) is 7.81. The molecular weight excluding hydrogens is 304 g/mol. The Morgan fingerprint density at radius 1 is 1.31 bits per heavy atom. The molecule has 0 amide bonds. The molecule has 0 radical (unpaired) electrons. The Hall–Kier alpha value is -0.320. The lowest BCUT2D eigenvalue weighted by Gasteiger charge is -2.00. The molecular formula is C12H13BrOS2. The molecule has 0 aliphatic heterocycles. The van der Waals surface area contributed by atoms with Gasteiger partial charge in [-0.15, -0.1) is 11.3 Å². The van der Waals surface area contributed by atoms with Gasteiger partial charge >= 0.3 is 0 Å². The minimum absolute atomic E-state index is 0.821. The van der Waals surface area contributed by atoms with Crippen molar-refractivity contribution in [2.75, 3.05) is 6.61 Å². The minimum Gasteiger partial charge on any atom is -0.484 e. The Morgan fingerprint density at radius 3 is 2.88 bits per heavy atom. The molecule has 0 unspecified atom stereocenters. The van der Waals surface area contributed by atoms with E-state index in [0.29, 0.717) is 0 Å². The highest BCUT2D eigenvalue weighted by molar-refractivity contribution is 9.11. The molecule has 0 bridgehead atoms. The van der Waals surface area contributed by atoms with Crippen molar-refractivity contribution in [3.8, 4) is 15.5 Å². The summed E-state index contributed by atoms with van der Waals surface area (Å²) in [7, 11) is 0. The van der Waals surface area contributed by atoms with Gasteiger partial charge in [0, 0.05) is 10.4 Å². The monoisotopic (exact) mass is 316 g/mol. The van der Waals surface area contributed by atoms with Gasteiger partial charge in [-0.25, -0.2) is 0 Å². The van der Waals surface area contributed by atoms with E-state index in [9.17, 15) is 0 Å². The maximum Gasteiger partial charge on any atom is 0.174 e. The summed E-state index contributed by atoms with van der Waals surface area (Å²) in [4.78, 5) is 1.26. The number of ether oxygens (including phenoxy) is 1. The van der Waals surface area contributed by atoms with Gasteiger partial charge in [-0.05, 0) is 45.9 Å². The normalized spacial score (nSPS) is 10.6. The Morgan fingerprint density at radius 2 is 2.19 bits per heavy atom. The van der Waals surface area contributed by atoms with Crippen LogP contribution in [0, 0.1) is 0 Å². The number of halogens is 1. The lowest BCUT2D eigenvalue weighted by atomic mass is 10.3. The van der Waals surface area contributed by atoms with Gasteiger partial charge in [0.15, 0.2) is 5.06 Å². The molecule has 0 saturated carbocycles. The fourth-order valence-electron chi connectivity index (χ4n) is 1.33. The van der Waals surface area contributed by atoms with Crippen molar-refractivity contribution in [2.45, 2.75) is 19.8 Å². The smallest absolute Gasteiger partial charge is 0.174 e. The molecule has 0 fully saturated rings. The molecule has 0 aromatic carbocycles. The largest absolute Gasteiger partial charge is 0.484 e. The van der Waals surface area contributed by atoms with Crippen molar-refractivity contribution in [3.05, 3.63) is 27.4 Å². The van der Waals surface area contributed by atoms with Gasteiger partial charge in [0.1, 0.15) is 0 Å². The zero-order valence-electron chi connectivity index (χ0n) is 9.03. The Labute approximate surface area is 112 Å². The van der Waals surface area contributed by atoms with Gasteiger partial charge in [0.2, 0.25) is 0 Å². The van der Waals surface area contributed by atoms with Crippen molar-refractivity contribution in [2.24, 2.45) is 0 Å². The van der Waals surface area contributed by atoms with Gasteiger partial charge in [-0.3, -0.25) is 0 Å². The van der Waals surface area contributed by atoms with Crippen LogP contribution in [0.2, 0.25) is 0 Å². The summed E-state index contributed by atoms with van der Waals surface area (Å²) in [6.45, 7) is 2.99.